The third-order valence-corrected chi connectivity index (χ3v) is 4.43. The van der Waals surface area contributed by atoms with Gasteiger partial charge in [-0.05, 0) is 36.4 Å². The number of nitrogens with one attached hydrogen (secondary N) is 1. The fourth-order valence-electron chi connectivity index (χ4n) is 3.02. The highest BCUT2D eigenvalue weighted by Gasteiger charge is 2.16. The van der Waals surface area contributed by atoms with E-state index in [0.29, 0.717) is 33.4 Å². The maximum absolute atomic E-state index is 14.2. The van der Waals surface area contributed by atoms with Crippen molar-refractivity contribution < 1.29 is 19.0 Å². The number of nitrogens with two attached hydrogens (primary N) is 1. The van der Waals surface area contributed by atoms with Gasteiger partial charge in [-0.1, -0.05) is 12.1 Å². The lowest BCUT2D eigenvalue weighted by molar-refractivity contribution is 0.0697. The predicted molar refractivity (Wildman–Crippen MR) is 103 cm³/mol. The van der Waals surface area contributed by atoms with Gasteiger partial charge >= 0.3 is 5.97 Å². The minimum atomic E-state index is -1.01. The Balaban J connectivity index is 1.91. The molecular weight excluding hydrogens is 363 g/mol. The standard InChI is InChI=1S/C20H15FN4O3/c1-28-16-7-6-12(8-13(16)21)18-17-15(24-25-19(17)22)9-14(23-18)10-2-4-11(5-3-10)20(26)27/h2-9H,1H3,(H,26,27)(H3,22,24,25). The summed E-state index contributed by atoms with van der Waals surface area (Å²) in [5.74, 6) is -1.15. The van der Waals surface area contributed by atoms with E-state index in [4.69, 9.17) is 15.6 Å². The Morgan fingerprint density at radius 2 is 1.86 bits per heavy atom. The third-order valence-electron chi connectivity index (χ3n) is 4.43. The average molecular weight is 378 g/mol. The largest absolute Gasteiger partial charge is 0.494 e. The molecule has 0 saturated carbocycles. The molecule has 28 heavy (non-hydrogen) atoms. The number of aromatic carboxylic acids is 1. The van der Waals surface area contributed by atoms with Crippen molar-refractivity contribution in [2.75, 3.05) is 12.8 Å². The van der Waals surface area contributed by atoms with Crippen LogP contribution in [0.3, 0.4) is 0 Å². The summed E-state index contributed by atoms with van der Waals surface area (Å²) in [4.78, 5) is 15.7. The summed E-state index contributed by atoms with van der Waals surface area (Å²) in [6.07, 6.45) is 0. The monoisotopic (exact) mass is 378 g/mol. The third kappa shape index (κ3) is 2.90. The van der Waals surface area contributed by atoms with E-state index in [1.54, 1.807) is 24.3 Å². The van der Waals surface area contributed by atoms with Crippen molar-refractivity contribution in [3.63, 3.8) is 0 Å². The highest BCUT2D eigenvalue weighted by molar-refractivity contribution is 6.01. The fourth-order valence-corrected chi connectivity index (χ4v) is 3.02. The Labute approximate surface area is 158 Å². The molecule has 0 atom stereocenters. The van der Waals surface area contributed by atoms with Crippen LogP contribution < -0.4 is 10.5 Å². The first-order valence-electron chi connectivity index (χ1n) is 8.30. The van der Waals surface area contributed by atoms with Crippen LogP contribution in [0.2, 0.25) is 0 Å². The molecule has 0 spiro atoms. The number of carboxylic acids is 1. The molecule has 2 aromatic carbocycles. The Kier molecular flexibility index (Phi) is 4.15. The van der Waals surface area contributed by atoms with Gasteiger partial charge in [-0.15, -0.1) is 0 Å². The first-order chi connectivity index (χ1) is 13.5. The van der Waals surface area contributed by atoms with E-state index >= 15 is 0 Å². The molecule has 0 saturated heterocycles. The van der Waals surface area contributed by atoms with Crippen molar-refractivity contribution in [1.82, 2.24) is 15.2 Å². The van der Waals surface area contributed by atoms with Crippen LogP contribution in [0.5, 0.6) is 5.75 Å². The van der Waals surface area contributed by atoms with Gasteiger partial charge in [0.25, 0.3) is 0 Å². The molecule has 0 aliphatic carbocycles. The second-order valence-corrected chi connectivity index (χ2v) is 6.12. The number of hydrogen-bond donors (Lipinski definition) is 3. The van der Waals surface area contributed by atoms with E-state index in [2.05, 4.69) is 15.2 Å². The molecule has 140 valence electrons. The number of halogens is 1. The van der Waals surface area contributed by atoms with Gasteiger partial charge in [0.2, 0.25) is 0 Å². The van der Waals surface area contributed by atoms with E-state index in [1.165, 1.54) is 31.4 Å². The molecular formula is C20H15FN4O3. The van der Waals surface area contributed by atoms with Crippen LogP contribution in [0.15, 0.2) is 48.5 Å². The molecule has 0 bridgehead atoms. The lowest BCUT2D eigenvalue weighted by Gasteiger charge is -2.09. The first kappa shape index (κ1) is 17.5. The zero-order valence-corrected chi connectivity index (χ0v) is 14.7. The van der Waals surface area contributed by atoms with E-state index in [1.807, 2.05) is 0 Å². The van der Waals surface area contributed by atoms with Gasteiger partial charge in [0.1, 0.15) is 0 Å². The number of nitrogen functional groups attached to an aromatic ring is 1. The van der Waals surface area contributed by atoms with Gasteiger partial charge in [-0.2, -0.15) is 5.10 Å². The van der Waals surface area contributed by atoms with Gasteiger partial charge in [-0.25, -0.2) is 14.2 Å². The molecule has 4 N–H and O–H groups in total. The summed E-state index contributed by atoms with van der Waals surface area (Å²) in [5.41, 5.74) is 9.04. The number of benzene rings is 2. The number of methoxy groups -OCH3 is 1. The highest BCUT2D eigenvalue weighted by Crippen LogP contribution is 2.34. The minimum Gasteiger partial charge on any atom is -0.494 e. The van der Waals surface area contributed by atoms with Crippen molar-refractivity contribution in [2.24, 2.45) is 0 Å². The number of anilines is 1. The molecule has 0 unspecified atom stereocenters. The number of fused-ring (bicyclic) bond motifs is 1. The number of carbonyl (C=O) groups is 1. The van der Waals surface area contributed by atoms with Crippen LogP contribution in [0.4, 0.5) is 10.2 Å². The summed E-state index contributed by atoms with van der Waals surface area (Å²) in [6, 6.07) is 12.6. The van der Waals surface area contributed by atoms with Crippen LogP contribution in [0.1, 0.15) is 10.4 Å². The average Bonchev–Trinajstić information content (AvgIpc) is 3.08. The number of H-pyrrole nitrogens is 1. The minimum absolute atomic E-state index is 0.126. The van der Waals surface area contributed by atoms with Crippen LogP contribution >= 0.6 is 0 Å². The van der Waals surface area contributed by atoms with Crippen LogP contribution in [0.25, 0.3) is 33.4 Å². The van der Waals surface area contributed by atoms with E-state index in [9.17, 15) is 9.18 Å². The van der Waals surface area contributed by atoms with Gasteiger partial charge < -0.3 is 15.6 Å². The Bertz CT molecular complexity index is 1200. The zero-order valence-electron chi connectivity index (χ0n) is 14.7. The molecule has 4 aromatic rings. The lowest BCUT2D eigenvalue weighted by Crippen LogP contribution is -1.96. The van der Waals surface area contributed by atoms with Gasteiger partial charge in [-0.3, -0.25) is 5.10 Å². The number of carboxylic acid groups (broad SMARTS) is 1. The number of ether oxygens (including phenoxy) is 1. The molecule has 2 heterocycles. The molecule has 8 heteroatoms. The highest BCUT2D eigenvalue weighted by atomic mass is 19.1. The molecule has 0 aliphatic heterocycles. The van der Waals surface area contributed by atoms with Crippen LogP contribution in [-0.2, 0) is 0 Å². The smallest absolute Gasteiger partial charge is 0.335 e. The summed E-state index contributed by atoms with van der Waals surface area (Å²) >= 11 is 0. The van der Waals surface area contributed by atoms with E-state index < -0.39 is 11.8 Å². The van der Waals surface area contributed by atoms with Crippen LogP contribution in [-0.4, -0.2) is 33.4 Å². The number of pyridine rings is 1. The number of nitrogens with zero attached hydrogens (tertiary/aromatic N) is 2. The quantitative estimate of drug-likeness (QED) is 0.499. The first-order valence-corrected chi connectivity index (χ1v) is 8.30. The second-order valence-electron chi connectivity index (χ2n) is 6.12. The van der Waals surface area contributed by atoms with Crippen molar-refractivity contribution in [2.45, 2.75) is 0 Å². The molecule has 0 aliphatic rings. The molecule has 7 nitrogen and oxygen atoms in total. The van der Waals surface area contributed by atoms with E-state index in [0.717, 1.165) is 0 Å². The van der Waals surface area contributed by atoms with Gasteiger partial charge in [0.05, 0.1) is 35.0 Å². The topological polar surface area (TPSA) is 114 Å². The van der Waals surface area contributed by atoms with Crippen molar-refractivity contribution in [3.8, 4) is 28.3 Å². The number of aromatic amines is 1. The molecule has 0 fully saturated rings. The summed E-state index contributed by atoms with van der Waals surface area (Å²) in [6.45, 7) is 0. The molecule has 0 radical (unpaired) electrons. The normalized spacial score (nSPS) is 10.9. The molecule has 0 amide bonds. The number of rotatable bonds is 4. The number of hydrogen-bond acceptors (Lipinski definition) is 5. The summed E-state index contributed by atoms with van der Waals surface area (Å²) in [5, 5.41) is 16.5. The SMILES string of the molecule is COc1ccc(-c2nc(-c3ccc(C(=O)O)cc3)cc3[nH]nc(N)c23)cc1F. The van der Waals surface area contributed by atoms with Crippen molar-refractivity contribution >= 4 is 22.7 Å². The summed E-state index contributed by atoms with van der Waals surface area (Å²) < 4.78 is 19.2. The molecule has 4 rings (SSSR count). The Hall–Kier alpha value is -3.94. The Morgan fingerprint density at radius 1 is 1.14 bits per heavy atom. The fraction of sp³-hybridized carbons (Fsp3) is 0.0500. The maximum atomic E-state index is 14.2. The van der Waals surface area contributed by atoms with Gasteiger partial charge in [0, 0.05) is 11.1 Å². The Morgan fingerprint density at radius 3 is 2.50 bits per heavy atom. The summed E-state index contributed by atoms with van der Waals surface area (Å²) in [7, 11) is 1.39. The van der Waals surface area contributed by atoms with E-state index in [-0.39, 0.29) is 17.1 Å². The maximum Gasteiger partial charge on any atom is 0.335 e. The van der Waals surface area contributed by atoms with Gasteiger partial charge in [0.15, 0.2) is 17.4 Å². The van der Waals surface area contributed by atoms with Crippen molar-refractivity contribution in [3.05, 3.63) is 59.9 Å². The van der Waals surface area contributed by atoms with Crippen LogP contribution in [0, 0.1) is 5.82 Å². The van der Waals surface area contributed by atoms with Crippen molar-refractivity contribution in [1.29, 1.82) is 0 Å². The lowest BCUT2D eigenvalue weighted by atomic mass is 10.0. The number of aromatic nitrogens is 3. The molecule has 2 aromatic heterocycles. The zero-order chi connectivity index (χ0) is 19.8. The predicted octanol–water partition coefficient (Wildman–Crippen LogP) is 3.72. The second kappa shape index (κ2) is 6.66.